The van der Waals surface area contributed by atoms with E-state index >= 15 is 0 Å². The van der Waals surface area contributed by atoms with Crippen molar-refractivity contribution in [3.05, 3.63) is 35.6 Å². The second kappa shape index (κ2) is 8.06. The molecule has 0 unspecified atom stereocenters. The van der Waals surface area contributed by atoms with Crippen LogP contribution in [0.2, 0.25) is 0 Å². The first-order valence-corrected chi connectivity index (χ1v) is 7.99. The Labute approximate surface area is 136 Å². The Hall–Kier alpha value is -1.95. The van der Waals surface area contributed by atoms with Crippen molar-refractivity contribution in [1.29, 1.82) is 0 Å². The number of likely N-dealkylation sites (N-methyl/N-ethyl adjacent to an activating group) is 1. The van der Waals surface area contributed by atoms with Gasteiger partial charge in [-0.2, -0.15) is 0 Å². The summed E-state index contributed by atoms with van der Waals surface area (Å²) in [6.07, 6.45) is 0. The first kappa shape index (κ1) is 17.4. The lowest BCUT2D eigenvalue weighted by Gasteiger charge is -2.35. The van der Waals surface area contributed by atoms with Crippen molar-refractivity contribution in [2.75, 3.05) is 39.3 Å². The minimum atomic E-state index is -0.312. The van der Waals surface area contributed by atoms with E-state index in [1.807, 2.05) is 4.90 Å². The van der Waals surface area contributed by atoms with Gasteiger partial charge >= 0.3 is 0 Å². The molecule has 0 atom stereocenters. The normalized spacial score (nSPS) is 15.5. The first-order chi connectivity index (χ1) is 11.0. The highest BCUT2D eigenvalue weighted by Crippen LogP contribution is 2.09. The van der Waals surface area contributed by atoms with Crippen LogP contribution in [0.1, 0.15) is 19.4 Å². The molecule has 1 fully saturated rings. The summed E-state index contributed by atoms with van der Waals surface area (Å²) < 4.78 is 13.0. The van der Waals surface area contributed by atoms with Gasteiger partial charge in [-0.3, -0.25) is 9.59 Å². The molecule has 2 rings (SSSR count). The lowest BCUT2D eigenvalue weighted by Crippen LogP contribution is -2.51. The Morgan fingerprint density at radius 2 is 1.74 bits per heavy atom. The van der Waals surface area contributed by atoms with Crippen molar-refractivity contribution < 1.29 is 14.0 Å². The van der Waals surface area contributed by atoms with E-state index in [0.717, 1.165) is 25.2 Å². The minimum Gasteiger partial charge on any atom is -0.339 e. The smallest absolute Gasteiger partial charge is 0.242 e. The van der Waals surface area contributed by atoms with E-state index in [2.05, 4.69) is 11.8 Å². The molecule has 1 saturated heterocycles. The zero-order valence-electron chi connectivity index (χ0n) is 13.8. The van der Waals surface area contributed by atoms with Crippen molar-refractivity contribution in [2.24, 2.45) is 0 Å². The summed E-state index contributed by atoms with van der Waals surface area (Å²) in [5.74, 6) is -0.499. The van der Waals surface area contributed by atoms with Gasteiger partial charge in [0.1, 0.15) is 12.4 Å². The third-order valence-electron chi connectivity index (χ3n) is 4.23. The molecule has 0 radical (unpaired) electrons. The molecule has 2 amide bonds. The average Bonchev–Trinajstić information content (AvgIpc) is 2.56. The molecule has 0 bridgehead atoms. The van der Waals surface area contributed by atoms with Gasteiger partial charge < -0.3 is 14.7 Å². The van der Waals surface area contributed by atoms with Gasteiger partial charge in [-0.25, -0.2) is 4.39 Å². The van der Waals surface area contributed by atoms with Crippen LogP contribution in [0.25, 0.3) is 0 Å². The van der Waals surface area contributed by atoms with Gasteiger partial charge in [0.25, 0.3) is 0 Å². The third-order valence-corrected chi connectivity index (χ3v) is 4.23. The van der Waals surface area contributed by atoms with E-state index in [0.29, 0.717) is 19.6 Å². The predicted octanol–water partition coefficient (Wildman–Crippen LogP) is 1.34. The maximum absolute atomic E-state index is 13.0. The van der Waals surface area contributed by atoms with Crippen LogP contribution in [-0.4, -0.2) is 65.8 Å². The van der Waals surface area contributed by atoms with Crippen molar-refractivity contribution in [2.45, 2.75) is 20.4 Å². The van der Waals surface area contributed by atoms with Crippen molar-refractivity contribution in [1.82, 2.24) is 14.7 Å². The minimum absolute atomic E-state index is 0.0296. The van der Waals surface area contributed by atoms with Crippen LogP contribution in [0.15, 0.2) is 24.3 Å². The molecule has 5 nitrogen and oxygen atoms in total. The molecule has 1 heterocycles. The number of hydrogen-bond donors (Lipinski definition) is 0. The third kappa shape index (κ3) is 5.03. The number of nitrogens with zero attached hydrogens (tertiary/aromatic N) is 3. The summed E-state index contributed by atoms with van der Waals surface area (Å²) in [4.78, 5) is 29.8. The fourth-order valence-electron chi connectivity index (χ4n) is 2.67. The van der Waals surface area contributed by atoms with Crippen LogP contribution in [0.4, 0.5) is 4.39 Å². The van der Waals surface area contributed by atoms with Gasteiger partial charge in [0.15, 0.2) is 0 Å². The largest absolute Gasteiger partial charge is 0.339 e. The second-order valence-corrected chi connectivity index (χ2v) is 5.82. The fourth-order valence-corrected chi connectivity index (χ4v) is 2.67. The van der Waals surface area contributed by atoms with Gasteiger partial charge in [0.2, 0.25) is 11.8 Å². The SMILES string of the molecule is CCN1CCN(C(=O)CN(Cc2ccc(F)cc2)C(C)=O)CC1. The summed E-state index contributed by atoms with van der Waals surface area (Å²) in [5, 5.41) is 0. The maximum atomic E-state index is 13.0. The molecule has 0 spiro atoms. The average molecular weight is 321 g/mol. The molecule has 1 aliphatic rings. The molecule has 0 saturated carbocycles. The summed E-state index contributed by atoms with van der Waals surface area (Å²) in [5.41, 5.74) is 0.810. The Bertz CT molecular complexity index is 539. The fraction of sp³-hybridized carbons (Fsp3) is 0.529. The number of halogens is 1. The van der Waals surface area contributed by atoms with E-state index in [1.165, 1.54) is 24.0 Å². The van der Waals surface area contributed by atoms with Crippen LogP contribution in [0.5, 0.6) is 0 Å². The molecule has 1 aromatic carbocycles. The number of carbonyl (C=O) groups is 2. The highest BCUT2D eigenvalue weighted by Gasteiger charge is 2.23. The standard InChI is InChI=1S/C17H24FN3O2/c1-3-19-8-10-20(11-9-19)17(23)13-21(14(2)22)12-15-4-6-16(18)7-5-15/h4-7H,3,8-13H2,1-2H3. The highest BCUT2D eigenvalue weighted by atomic mass is 19.1. The number of amides is 2. The summed E-state index contributed by atoms with van der Waals surface area (Å²) >= 11 is 0. The molecule has 126 valence electrons. The van der Waals surface area contributed by atoms with Gasteiger partial charge in [0, 0.05) is 39.6 Å². The zero-order valence-corrected chi connectivity index (χ0v) is 13.8. The first-order valence-electron chi connectivity index (χ1n) is 7.99. The molecule has 1 aromatic rings. The summed E-state index contributed by atoms with van der Waals surface area (Å²) in [6.45, 7) is 8.09. The van der Waals surface area contributed by atoms with E-state index in [-0.39, 0.29) is 24.2 Å². The topological polar surface area (TPSA) is 43.9 Å². The number of piperazine rings is 1. The number of hydrogen-bond acceptors (Lipinski definition) is 3. The Morgan fingerprint density at radius 3 is 2.26 bits per heavy atom. The van der Waals surface area contributed by atoms with E-state index < -0.39 is 0 Å². The van der Waals surface area contributed by atoms with Gasteiger partial charge in [-0.1, -0.05) is 19.1 Å². The predicted molar refractivity (Wildman–Crippen MR) is 86.2 cm³/mol. The van der Waals surface area contributed by atoms with E-state index in [9.17, 15) is 14.0 Å². The quantitative estimate of drug-likeness (QED) is 0.822. The van der Waals surface area contributed by atoms with E-state index in [4.69, 9.17) is 0 Å². The Kier molecular flexibility index (Phi) is 6.10. The summed E-state index contributed by atoms with van der Waals surface area (Å²) in [7, 11) is 0. The second-order valence-electron chi connectivity index (χ2n) is 5.82. The van der Waals surface area contributed by atoms with E-state index in [1.54, 1.807) is 12.1 Å². The zero-order chi connectivity index (χ0) is 16.8. The number of carbonyl (C=O) groups excluding carboxylic acids is 2. The van der Waals surface area contributed by atoms with Crippen molar-refractivity contribution in [3.8, 4) is 0 Å². The van der Waals surface area contributed by atoms with Crippen LogP contribution in [0, 0.1) is 5.82 Å². The van der Waals surface area contributed by atoms with Crippen LogP contribution in [0.3, 0.4) is 0 Å². The number of benzene rings is 1. The number of rotatable bonds is 5. The van der Waals surface area contributed by atoms with Crippen LogP contribution in [-0.2, 0) is 16.1 Å². The summed E-state index contributed by atoms with van der Waals surface area (Å²) in [6, 6.07) is 5.99. The molecule has 23 heavy (non-hydrogen) atoms. The molecule has 1 aliphatic heterocycles. The van der Waals surface area contributed by atoms with Crippen LogP contribution < -0.4 is 0 Å². The van der Waals surface area contributed by atoms with Gasteiger partial charge in [-0.15, -0.1) is 0 Å². The molecule has 6 heteroatoms. The molecule has 0 aromatic heterocycles. The molecular weight excluding hydrogens is 297 g/mol. The lowest BCUT2D eigenvalue weighted by molar-refractivity contribution is -0.140. The van der Waals surface area contributed by atoms with Crippen molar-refractivity contribution in [3.63, 3.8) is 0 Å². The molecule has 0 aliphatic carbocycles. The van der Waals surface area contributed by atoms with Crippen molar-refractivity contribution >= 4 is 11.8 Å². The highest BCUT2D eigenvalue weighted by molar-refractivity contribution is 5.83. The van der Waals surface area contributed by atoms with Crippen LogP contribution >= 0.6 is 0 Å². The molecule has 0 N–H and O–H groups in total. The lowest BCUT2D eigenvalue weighted by atomic mass is 10.2. The van der Waals surface area contributed by atoms with Gasteiger partial charge in [0.05, 0.1) is 0 Å². The maximum Gasteiger partial charge on any atom is 0.242 e. The molecular formula is C17H24FN3O2. The Balaban J connectivity index is 1.92. The Morgan fingerprint density at radius 1 is 1.13 bits per heavy atom. The monoisotopic (exact) mass is 321 g/mol. The van der Waals surface area contributed by atoms with Gasteiger partial charge in [-0.05, 0) is 24.2 Å².